The molecule has 37 heavy (non-hydrogen) atoms. The molecular weight excluding hydrogens is 552 g/mol. The molecule has 0 amide bonds. The van der Waals surface area contributed by atoms with Crippen LogP contribution < -0.4 is 10.4 Å². The molecule has 6 aromatic rings. The zero-order chi connectivity index (χ0) is 25.1. The molecule has 180 valence electrons. The molecule has 1 aliphatic rings. The predicted octanol–water partition coefficient (Wildman–Crippen LogP) is 6.67. The molecule has 0 bridgehead atoms. The zero-order valence-corrected chi connectivity index (χ0v) is 21.8. The van der Waals surface area contributed by atoms with E-state index in [0.717, 1.165) is 20.5 Å². The van der Waals surface area contributed by atoms with Crippen LogP contribution in [0, 0.1) is 0 Å². The summed E-state index contributed by atoms with van der Waals surface area (Å²) in [5.41, 5.74) is 3.45. The van der Waals surface area contributed by atoms with Crippen molar-refractivity contribution in [2.75, 3.05) is 6.26 Å². The van der Waals surface area contributed by atoms with Gasteiger partial charge < -0.3 is 9.15 Å². The van der Waals surface area contributed by atoms with Crippen LogP contribution in [0.25, 0.3) is 28.0 Å². The second-order valence-electron chi connectivity index (χ2n) is 8.61. The number of halogens is 1. The maximum Gasteiger partial charge on any atom is 0.344 e. The Balaban J connectivity index is 1.52. The monoisotopic (exact) mass is 568 g/mol. The van der Waals surface area contributed by atoms with Crippen LogP contribution in [-0.2, 0) is 0 Å². The lowest BCUT2D eigenvalue weighted by molar-refractivity contribution is 0.422. The molecule has 4 heterocycles. The molecule has 9 heteroatoms. The Morgan fingerprint density at radius 1 is 0.973 bits per heavy atom. The Bertz CT molecular complexity index is 1880. The van der Waals surface area contributed by atoms with Gasteiger partial charge in [0, 0.05) is 14.9 Å². The Hall–Kier alpha value is -3.95. The van der Waals surface area contributed by atoms with Crippen LogP contribution >= 0.6 is 27.7 Å². The van der Waals surface area contributed by atoms with E-state index >= 15 is 0 Å². The Labute approximate surface area is 223 Å². The molecule has 7 rings (SSSR count). The first kappa shape index (κ1) is 22.3. The molecule has 0 saturated carbocycles. The fraction of sp³-hybridized carbons (Fsp3) is 0.0714. The summed E-state index contributed by atoms with van der Waals surface area (Å²) in [5.74, 6) is 0.899. The predicted molar refractivity (Wildman–Crippen MR) is 146 cm³/mol. The number of ether oxygens (including phenoxy) is 1. The summed E-state index contributed by atoms with van der Waals surface area (Å²) in [6.45, 7) is 0. The van der Waals surface area contributed by atoms with Crippen LogP contribution in [0.15, 0.2) is 97.7 Å². The van der Waals surface area contributed by atoms with Gasteiger partial charge in [-0.2, -0.15) is 0 Å². The van der Waals surface area contributed by atoms with E-state index in [9.17, 15) is 4.79 Å². The molecule has 0 N–H and O–H groups in total. The number of benzene rings is 3. The summed E-state index contributed by atoms with van der Waals surface area (Å²) in [4.78, 5) is 24.1. The van der Waals surface area contributed by atoms with Crippen LogP contribution in [0.2, 0.25) is 0 Å². The van der Waals surface area contributed by atoms with Gasteiger partial charge in [-0.1, -0.05) is 52.3 Å². The second kappa shape index (κ2) is 8.57. The van der Waals surface area contributed by atoms with Gasteiger partial charge in [0.1, 0.15) is 11.9 Å². The van der Waals surface area contributed by atoms with E-state index in [2.05, 4.69) is 26.0 Å². The van der Waals surface area contributed by atoms with Gasteiger partial charge in [-0.25, -0.2) is 19.3 Å². The quantitative estimate of drug-likeness (QED) is 0.174. The molecule has 0 aliphatic carbocycles. The standard InChI is InChI=1S/C28H17BrN4O3S/c1-37-18-12-8-15(9-13-18)21-22-24(19-4-2-3-5-20(19)35-28(22)34)36-27-23(21)26-31-25(32-33(26)14-30-27)16-6-10-17(29)11-7-16/h2-14,21H,1H3. The van der Waals surface area contributed by atoms with Crippen molar-refractivity contribution in [2.24, 2.45) is 0 Å². The highest BCUT2D eigenvalue weighted by Crippen LogP contribution is 2.49. The van der Waals surface area contributed by atoms with Crippen LogP contribution in [0.3, 0.4) is 0 Å². The Morgan fingerprint density at radius 3 is 2.54 bits per heavy atom. The van der Waals surface area contributed by atoms with Gasteiger partial charge in [-0.05, 0) is 48.2 Å². The topological polar surface area (TPSA) is 82.5 Å². The van der Waals surface area contributed by atoms with E-state index in [1.807, 2.05) is 73.0 Å². The Kier molecular flexibility index (Phi) is 5.16. The van der Waals surface area contributed by atoms with Crippen LogP contribution in [0.4, 0.5) is 0 Å². The van der Waals surface area contributed by atoms with Crippen LogP contribution in [0.1, 0.15) is 22.6 Å². The lowest BCUT2D eigenvalue weighted by Gasteiger charge is -2.27. The van der Waals surface area contributed by atoms with Crippen molar-refractivity contribution < 1.29 is 9.15 Å². The number of nitrogens with zero attached hydrogens (tertiary/aromatic N) is 4. The van der Waals surface area contributed by atoms with E-state index in [1.165, 1.54) is 0 Å². The number of hydrogen-bond donors (Lipinski definition) is 0. The lowest BCUT2D eigenvalue weighted by Crippen LogP contribution is -2.22. The maximum atomic E-state index is 13.5. The van der Waals surface area contributed by atoms with Gasteiger partial charge in [0.25, 0.3) is 0 Å². The summed E-state index contributed by atoms with van der Waals surface area (Å²) in [5, 5.41) is 5.39. The number of thioether (sulfide) groups is 1. The minimum atomic E-state index is -0.506. The lowest BCUT2D eigenvalue weighted by atomic mass is 9.84. The molecule has 3 aromatic carbocycles. The summed E-state index contributed by atoms with van der Waals surface area (Å²) in [6.07, 6.45) is 3.62. The summed E-state index contributed by atoms with van der Waals surface area (Å²) < 4.78 is 14.7. The first-order valence-corrected chi connectivity index (χ1v) is 13.5. The molecule has 7 nitrogen and oxygen atoms in total. The van der Waals surface area contributed by atoms with E-state index in [4.69, 9.17) is 14.1 Å². The van der Waals surface area contributed by atoms with Gasteiger partial charge >= 0.3 is 5.63 Å². The normalized spacial score (nSPS) is 14.4. The van der Waals surface area contributed by atoms with Crippen molar-refractivity contribution in [3.63, 3.8) is 0 Å². The largest absolute Gasteiger partial charge is 0.437 e. The summed E-state index contributed by atoms with van der Waals surface area (Å²) in [7, 11) is 0. The third-order valence-corrected chi connectivity index (χ3v) is 7.79. The van der Waals surface area contributed by atoms with Gasteiger partial charge in [-0.3, -0.25) is 0 Å². The molecule has 0 spiro atoms. The van der Waals surface area contributed by atoms with Crippen molar-refractivity contribution in [1.82, 2.24) is 19.6 Å². The molecule has 1 aliphatic heterocycles. The number of aromatic nitrogens is 4. The van der Waals surface area contributed by atoms with Crippen molar-refractivity contribution >= 4 is 44.3 Å². The fourth-order valence-corrected chi connectivity index (χ4v) is 5.45. The van der Waals surface area contributed by atoms with Crippen molar-refractivity contribution in [1.29, 1.82) is 0 Å². The molecule has 0 fully saturated rings. The molecular formula is C28H17BrN4O3S. The van der Waals surface area contributed by atoms with Crippen LogP contribution in [-0.4, -0.2) is 25.8 Å². The van der Waals surface area contributed by atoms with E-state index in [1.54, 1.807) is 28.7 Å². The first-order valence-electron chi connectivity index (χ1n) is 11.5. The third kappa shape index (κ3) is 3.57. The van der Waals surface area contributed by atoms with E-state index in [-0.39, 0.29) is 0 Å². The second-order valence-corrected chi connectivity index (χ2v) is 10.4. The minimum Gasteiger partial charge on any atom is -0.437 e. The van der Waals surface area contributed by atoms with Gasteiger partial charge in [0.05, 0.1) is 22.4 Å². The summed E-state index contributed by atoms with van der Waals surface area (Å²) >= 11 is 5.13. The highest BCUT2D eigenvalue weighted by Gasteiger charge is 2.37. The number of fused-ring (bicyclic) bond motifs is 6. The Morgan fingerprint density at radius 2 is 1.76 bits per heavy atom. The maximum absolute atomic E-state index is 13.5. The SMILES string of the molecule is CSc1ccc(C2c3c(c4ccccc4oc3=O)Oc3ncn4nc(-c5ccc(Br)cc5)nc4c32)cc1. The number of rotatable bonds is 3. The highest BCUT2D eigenvalue weighted by molar-refractivity contribution is 9.10. The third-order valence-electron chi connectivity index (χ3n) is 6.51. The van der Waals surface area contributed by atoms with E-state index in [0.29, 0.717) is 45.2 Å². The average Bonchev–Trinajstić information content (AvgIpc) is 3.37. The minimum absolute atomic E-state index is 0.393. The van der Waals surface area contributed by atoms with Crippen LogP contribution in [0.5, 0.6) is 11.6 Å². The van der Waals surface area contributed by atoms with Crippen molar-refractivity contribution in [3.05, 3.63) is 111 Å². The zero-order valence-electron chi connectivity index (χ0n) is 19.4. The first-order chi connectivity index (χ1) is 18.1. The van der Waals surface area contributed by atoms with Gasteiger partial charge in [-0.15, -0.1) is 16.9 Å². The molecule has 1 atom stereocenters. The van der Waals surface area contributed by atoms with Gasteiger partial charge in [0.2, 0.25) is 5.88 Å². The van der Waals surface area contributed by atoms with Gasteiger partial charge in [0.15, 0.2) is 17.2 Å². The number of para-hydroxylation sites is 1. The average molecular weight is 569 g/mol. The fourth-order valence-electron chi connectivity index (χ4n) is 4.78. The summed E-state index contributed by atoms with van der Waals surface area (Å²) in [6, 6.07) is 23.3. The molecule has 3 aromatic heterocycles. The van der Waals surface area contributed by atoms with Crippen molar-refractivity contribution in [2.45, 2.75) is 10.8 Å². The molecule has 1 unspecified atom stereocenters. The van der Waals surface area contributed by atoms with Crippen molar-refractivity contribution in [3.8, 4) is 23.0 Å². The van der Waals surface area contributed by atoms with E-state index < -0.39 is 11.5 Å². The smallest absolute Gasteiger partial charge is 0.344 e. The highest BCUT2D eigenvalue weighted by atomic mass is 79.9. The molecule has 0 saturated heterocycles. The number of hydrogen-bond acceptors (Lipinski definition) is 7. The molecule has 0 radical (unpaired) electrons.